The summed E-state index contributed by atoms with van der Waals surface area (Å²) in [5.41, 5.74) is 6.18. The van der Waals surface area contributed by atoms with Gasteiger partial charge in [-0.3, -0.25) is 4.90 Å². The number of hydrogen-bond acceptors (Lipinski definition) is 4. The molecule has 0 amide bonds. The summed E-state index contributed by atoms with van der Waals surface area (Å²) in [6, 6.07) is 2.52. The fraction of sp³-hybridized carbons (Fsp3) is 0.692. The maximum absolute atomic E-state index is 9.83. The predicted octanol–water partition coefficient (Wildman–Crippen LogP) is 2.60. The van der Waals surface area contributed by atoms with Crippen molar-refractivity contribution in [1.82, 2.24) is 4.90 Å². The molecule has 3 N–H and O–H groups in total. The fourth-order valence-corrected chi connectivity index (χ4v) is 4.37. The molecule has 0 aromatic carbocycles. The molecule has 2 heterocycles. The monoisotopic (exact) mass is 332 g/mol. The second-order valence-electron chi connectivity index (χ2n) is 5.30. The second-order valence-corrected chi connectivity index (χ2v) is 7.16. The molecule has 0 aliphatic carbocycles. The number of nitrogens with two attached hydrogens (primary N) is 1. The lowest BCUT2D eigenvalue weighted by Crippen LogP contribution is -2.47. The molecule has 102 valence electrons. The van der Waals surface area contributed by atoms with Crippen molar-refractivity contribution in [3.05, 3.63) is 20.8 Å². The average molecular weight is 333 g/mol. The molecule has 4 atom stereocenters. The van der Waals surface area contributed by atoms with Crippen LogP contribution in [0.1, 0.15) is 31.2 Å². The van der Waals surface area contributed by atoms with Crippen LogP contribution in [0.5, 0.6) is 0 Å². The first-order valence-electron chi connectivity index (χ1n) is 6.40. The second kappa shape index (κ2) is 6.01. The zero-order valence-electron chi connectivity index (χ0n) is 10.8. The molecular weight excluding hydrogens is 312 g/mol. The van der Waals surface area contributed by atoms with E-state index in [4.69, 9.17) is 5.73 Å². The summed E-state index contributed by atoms with van der Waals surface area (Å²) in [6.45, 7) is 6.02. The van der Waals surface area contributed by atoms with Crippen LogP contribution in [0.4, 0.5) is 0 Å². The molecule has 3 nitrogen and oxygen atoms in total. The van der Waals surface area contributed by atoms with Gasteiger partial charge in [0.05, 0.1) is 12.1 Å². The van der Waals surface area contributed by atoms with Gasteiger partial charge in [0.15, 0.2) is 0 Å². The topological polar surface area (TPSA) is 49.5 Å². The van der Waals surface area contributed by atoms with Crippen LogP contribution >= 0.6 is 27.3 Å². The molecule has 1 aliphatic rings. The van der Waals surface area contributed by atoms with Crippen LogP contribution < -0.4 is 5.73 Å². The van der Waals surface area contributed by atoms with Crippen molar-refractivity contribution in [3.63, 3.8) is 0 Å². The number of aliphatic hydroxyl groups is 1. The smallest absolute Gasteiger partial charge is 0.0591 e. The van der Waals surface area contributed by atoms with Crippen LogP contribution in [0.3, 0.4) is 0 Å². The molecule has 0 spiro atoms. The Morgan fingerprint density at radius 1 is 1.61 bits per heavy atom. The number of aliphatic hydroxyl groups excluding tert-OH is 1. The van der Waals surface area contributed by atoms with Crippen LogP contribution in [0.15, 0.2) is 15.9 Å². The number of halogens is 1. The van der Waals surface area contributed by atoms with Gasteiger partial charge in [0.25, 0.3) is 0 Å². The highest BCUT2D eigenvalue weighted by Gasteiger charge is 2.32. The summed E-state index contributed by atoms with van der Waals surface area (Å²) in [5, 5.41) is 11.9. The van der Waals surface area contributed by atoms with E-state index in [2.05, 4.69) is 46.1 Å². The van der Waals surface area contributed by atoms with Gasteiger partial charge in [0, 0.05) is 33.9 Å². The summed E-state index contributed by atoms with van der Waals surface area (Å²) in [6.07, 6.45) is 0.682. The van der Waals surface area contributed by atoms with Crippen molar-refractivity contribution < 1.29 is 5.11 Å². The maximum Gasteiger partial charge on any atom is 0.0591 e. The number of piperidine rings is 1. The molecule has 5 heteroatoms. The quantitative estimate of drug-likeness (QED) is 0.894. The Kier molecular flexibility index (Phi) is 4.83. The third kappa shape index (κ3) is 3.14. The first-order valence-corrected chi connectivity index (χ1v) is 8.08. The molecule has 0 bridgehead atoms. The summed E-state index contributed by atoms with van der Waals surface area (Å²) >= 11 is 5.26. The first kappa shape index (κ1) is 14.5. The highest BCUT2D eigenvalue weighted by atomic mass is 79.9. The molecule has 2 rings (SSSR count). The van der Waals surface area contributed by atoms with E-state index in [1.165, 1.54) is 4.88 Å². The van der Waals surface area contributed by atoms with Crippen LogP contribution in [0.2, 0.25) is 0 Å². The number of hydrogen-bond donors (Lipinski definition) is 2. The SMILES string of the molecule is CC(N)C(c1cc(Br)cs1)N1CCC(O)C(C)C1. The minimum absolute atomic E-state index is 0.0954. The van der Waals surface area contributed by atoms with E-state index in [0.29, 0.717) is 5.92 Å². The first-order chi connectivity index (χ1) is 8.49. The maximum atomic E-state index is 9.83. The van der Waals surface area contributed by atoms with Crippen LogP contribution in [-0.2, 0) is 0 Å². The van der Waals surface area contributed by atoms with Gasteiger partial charge in [-0.2, -0.15) is 0 Å². The zero-order chi connectivity index (χ0) is 13.3. The Morgan fingerprint density at radius 3 is 2.83 bits per heavy atom. The molecule has 1 saturated heterocycles. The van der Waals surface area contributed by atoms with Gasteiger partial charge in [-0.15, -0.1) is 11.3 Å². The summed E-state index contributed by atoms with van der Waals surface area (Å²) in [5.74, 6) is 0.323. The van der Waals surface area contributed by atoms with E-state index in [0.717, 1.165) is 24.0 Å². The van der Waals surface area contributed by atoms with Gasteiger partial charge >= 0.3 is 0 Å². The Balaban J connectivity index is 2.16. The predicted molar refractivity (Wildman–Crippen MR) is 79.8 cm³/mol. The van der Waals surface area contributed by atoms with Gasteiger partial charge in [-0.05, 0) is 41.3 Å². The van der Waals surface area contributed by atoms with E-state index in [-0.39, 0.29) is 18.2 Å². The van der Waals surface area contributed by atoms with Crippen molar-refractivity contribution >= 4 is 27.3 Å². The van der Waals surface area contributed by atoms with Gasteiger partial charge in [0.1, 0.15) is 0 Å². The molecule has 1 aromatic rings. The molecule has 0 saturated carbocycles. The molecular formula is C13H21BrN2OS. The summed E-state index contributed by atoms with van der Waals surface area (Å²) < 4.78 is 1.12. The Hall–Kier alpha value is 0.0600. The van der Waals surface area contributed by atoms with E-state index in [1.807, 2.05) is 0 Å². The number of rotatable bonds is 3. The van der Waals surface area contributed by atoms with E-state index < -0.39 is 0 Å². The highest BCUT2D eigenvalue weighted by molar-refractivity contribution is 9.10. The van der Waals surface area contributed by atoms with Crippen LogP contribution in [0.25, 0.3) is 0 Å². The summed E-state index contributed by atoms with van der Waals surface area (Å²) in [7, 11) is 0. The normalized spacial score (nSPS) is 29.2. The van der Waals surface area contributed by atoms with Gasteiger partial charge in [-0.25, -0.2) is 0 Å². The minimum atomic E-state index is -0.162. The van der Waals surface area contributed by atoms with Crippen LogP contribution in [-0.4, -0.2) is 35.2 Å². The lowest BCUT2D eigenvalue weighted by Gasteiger charge is -2.40. The Morgan fingerprint density at radius 2 is 2.33 bits per heavy atom. The van der Waals surface area contributed by atoms with Gasteiger partial charge in [0.2, 0.25) is 0 Å². The third-order valence-electron chi connectivity index (χ3n) is 3.66. The number of thiophene rings is 1. The van der Waals surface area contributed by atoms with Crippen molar-refractivity contribution in [2.75, 3.05) is 13.1 Å². The lowest BCUT2D eigenvalue weighted by atomic mass is 9.94. The number of likely N-dealkylation sites (tertiary alicyclic amines) is 1. The Bertz CT molecular complexity index is 396. The molecule has 1 fully saturated rings. The van der Waals surface area contributed by atoms with E-state index >= 15 is 0 Å². The van der Waals surface area contributed by atoms with E-state index in [9.17, 15) is 5.11 Å². The Labute approximate surface area is 121 Å². The van der Waals surface area contributed by atoms with Crippen molar-refractivity contribution in [3.8, 4) is 0 Å². The third-order valence-corrected chi connectivity index (χ3v) is 5.43. The lowest BCUT2D eigenvalue weighted by molar-refractivity contribution is 0.0133. The molecule has 1 aliphatic heterocycles. The van der Waals surface area contributed by atoms with Crippen molar-refractivity contribution in [2.24, 2.45) is 11.7 Å². The van der Waals surface area contributed by atoms with Crippen molar-refractivity contribution in [2.45, 2.75) is 38.5 Å². The van der Waals surface area contributed by atoms with Gasteiger partial charge < -0.3 is 10.8 Å². The fourth-order valence-electron chi connectivity index (χ4n) is 2.67. The molecule has 18 heavy (non-hydrogen) atoms. The molecule has 0 radical (unpaired) electrons. The van der Waals surface area contributed by atoms with Crippen molar-refractivity contribution in [1.29, 1.82) is 0 Å². The molecule has 4 unspecified atom stereocenters. The largest absolute Gasteiger partial charge is 0.393 e. The highest BCUT2D eigenvalue weighted by Crippen LogP contribution is 2.33. The van der Waals surface area contributed by atoms with E-state index in [1.54, 1.807) is 11.3 Å². The standard InChI is InChI=1S/C13H21BrN2OS/c1-8-6-16(4-3-11(8)17)13(9(2)15)12-5-10(14)7-18-12/h5,7-9,11,13,17H,3-4,6,15H2,1-2H3. The zero-order valence-corrected chi connectivity index (χ0v) is 13.2. The molecule has 1 aromatic heterocycles. The number of nitrogens with zero attached hydrogens (tertiary/aromatic N) is 1. The minimum Gasteiger partial charge on any atom is -0.393 e. The van der Waals surface area contributed by atoms with Gasteiger partial charge in [-0.1, -0.05) is 6.92 Å². The van der Waals surface area contributed by atoms with Crippen LogP contribution in [0, 0.1) is 5.92 Å². The summed E-state index contributed by atoms with van der Waals surface area (Å²) in [4.78, 5) is 3.72. The average Bonchev–Trinajstić information content (AvgIpc) is 2.70.